The van der Waals surface area contributed by atoms with Gasteiger partial charge in [0.15, 0.2) is 0 Å². The molecule has 0 unspecified atom stereocenters. The molecule has 18 heavy (non-hydrogen) atoms. The van der Waals surface area contributed by atoms with Crippen molar-refractivity contribution in [2.75, 3.05) is 13.2 Å². The molecule has 0 aliphatic carbocycles. The minimum Gasteiger partial charge on any atom is -0.494 e. The first kappa shape index (κ1) is 14.9. The van der Waals surface area contributed by atoms with Gasteiger partial charge in [-0.3, -0.25) is 0 Å². The zero-order chi connectivity index (χ0) is 13.8. The lowest BCUT2D eigenvalue weighted by atomic mass is 9.79. The molecular weight excluding hydrogens is 244 g/mol. The highest BCUT2D eigenvalue weighted by Gasteiger charge is 2.28. The molecule has 1 rings (SSSR count). The van der Waals surface area contributed by atoms with E-state index in [2.05, 4.69) is 0 Å². The van der Waals surface area contributed by atoms with Gasteiger partial charge in [0.05, 0.1) is 18.0 Å². The number of para-hydroxylation sites is 1. The topological polar surface area (TPSA) is 18.5 Å². The van der Waals surface area contributed by atoms with Gasteiger partial charge in [0.1, 0.15) is 6.61 Å². The molecule has 0 aliphatic rings. The van der Waals surface area contributed by atoms with Crippen LogP contribution in [0.15, 0.2) is 24.3 Å². The van der Waals surface area contributed by atoms with Crippen LogP contribution in [-0.2, 0) is 4.74 Å². The van der Waals surface area contributed by atoms with Crippen LogP contribution in [0.3, 0.4) is 0 Å². The van der Waals surface area contributed by atoms with Crippen LogP contribution in [0, 0.1) is 0 Å². The van der Waals surface area contributed by atoms with Gasteiger partial charge in [-0.1, -0.05) is 23.7 Å². The van der Waals surface area contributed by atoms with E-state index in [0.29, 0.717) is 0 Å². The fraction of sp³-hybridized carbons (Fsp3) is 0.500. The zero-order valence-corrected chi connectivity index (χ0v) is 10.8. The Kier molecular flexibility index (Phi) is 4.68. The molecule has 2 nitrogen and oxygen atoms in total. The van der Waals surface area contributed by atoms with Crippen LogP contribution in [0.2, 0.25) is 0 Å². The van der Waals surface area contributed by atoms with Gasteiger partial charge in [0, 0.05) is 0 Å². The molecule has 1 aromatic rings. The minimum absolute atomic E-state index is 0.0977. The van der Waals surface area contributed by atoms with E-state index < -0.39 is 12.4 Å². The van der Waals surface area contributed by atoms with Crippen molar-refractivity contribution < 1.29 is 22.4 Å². The highest BCUT2D eigenvalue weighted by Crippen LogP contribution is 2.17. The van der Waals surface area contributed by atoms with Crippen LogP contribution in [0.1, 0.15) is 20.8 Å². The van der Waals surface area contributed by atoms with Gasteiger partial charge in [-0.05, 0) is 26.8 Å². The standard InChI is InChI=1S/C12H17BF3O2/c1-12(2,3)18-9-8-17-11-7-5-4-6-10(11)13(14,15)16/h4-7H,8-9H2,1-3H3/q-1. The lowest BCUT2D eigenvalue weighted by Gasteiger charge is -2.22. The third-order valence-electron chi connectivity index (χ3n) is 2.15. The molecule has 0 spiro atoms. The van der Waals surface area contributed by atoms with E-state index in [4.69, 9.17) is 9.47 Å². The Morgan fingerprint density at radius 3 is 2.22 bits per heavy atom. The number of halogens is 3. The van der Waals surface area contributed by atoms with Crippen molar-refractivity contribution in [1.29, 1.82) is 0 Å². The summed E-state index contributed by atoms with van der Waals surface area (Å²) < 4.78 is 48.6. The molecule has 0 saturated heterocycles. The number of hydrogen-bond donors (Lipinski definition) is 0. The van der Waals surface area contributed by atoms with Crippen molar-refractivity contribution in [3.63, 3.8) is 0 Å². The van der Waals surface area contributed by atoms with Crippen LogP contribution in [0.4, 0.5) is 12.9 Å². The Morgan fingerprint density at radius 1 is 1.06 bits per heavy atom. The van der Waals surface area contributed by atoms with E-state index in [-0.39, 0.29) is 24.6 Å². The van der Waals surface area contributed by atoms with Crippen molar-refractivity contribution in [1.82, 2.24) is 0 Å². The summed E-state index contributed by atoms with van der Waals surface area (Å²) >= 11 is 0. The average molecular weight is 261 g/mol. The van der Waals surface area contributed by atoms with Gasteiger partial charge in [-0.25, -0.2) is 0 Å². The Balaban J connectivity index is 2.58. The number of hydrogen-bond acceptors (Lipinski definition) is 2. The molecule has 0 bridgehead atoms. The zero-order valence-electron chi connectivity index (χ0n) is 10.8. The summed E-state index contributed by atoms with van der Waals surface area (Å²) in [5, 5.41) is 0. The Morgan fingerprint density at radius 2 is 1.67 bits per heavy atom. The van der Waals surface area contributed by atoms with Crippen LogP contribution in [0.5, 0.6) is 5.75 Å². The first-order valence-electron chi connectivity index (χ1n) is 5.76. The van der Waals surface area contributed by atoms with Gasteiger partial charge in [-0.2, -0.15) is 0 Å². The molecule has 102 valence electrons. The predicted octanol–water partition coefficient (Wildman–Crippen LogP) is 2.93. The van der Waals surface area contributed by atoms with Crippen molar-refractivity contribution in [3.05, 3.63) is 24.3 Å². The van der Waals surface area contributed by atoms with E-state index in [1.54, 1.807) is 0 Å². The molecule has 1 aromatic carbocycles. The Bertz CT molecular complexity index is 386. The van der Waals surface area contributed by atoms with Crippen molar-refractivity contribution in [3.8, 4) is 5.75 Å². The van der Waals surface area contributed by atoms with Crippen LogP contribution < -0.4 is 10.2 Å². The molecule has 0 atom stereocenters. The van der Waals surface area contributed by atoms with Gasteiger partial charge in [-0.15, -0.1) is 0 Å². The van der Waals surface area contributed by atoms with E-state index in [1.165, 1.54) is 18.2 Å². The van der Waals surface area contributed by atoms with E-state index in [9.17, 15) is 12.9 Å². The normalized spacial score (nSPS) is 12.6. The molecule has 0 amide bonds. The predicted molar refractivity (Wildman–Crippen MR) is 66.4 cm³/mol. The number of rotatable bonds is 5. The van der Waals surface area contributed by atoms with Crippen molar-refractivity contribution in [2.24, 2.45) is 0 Å². The van der Waals surface area contributed by atoms with Crippen molar-refractivity contribution >= 4 is 12.4 Å². The monoisotopic (exact) mass is 261 g/mol. The maximum Gasteiger partial charge on any atom is 0.513 e. The summed E-state index contributed by atoms with van der Waals surface area (Å²) in [6, 6.07) is 5.22. The molecule has 0 heterocycles. The molecular formula is C12H17BF3O2-. The summed E-state index contributed by atoms with van der Waals surface area (Å²) in [4.78, 5) is 0. The molecule has 0 radical (unpaired) electrons. The molecule has 0 saturated carbocycles. The third kappa shape index (κ3) is 5.00. The second-order valence-corrected chi connectivity index (χ2v) is 4.92. The number of ether oxygens (including phenoxy) is 2. The Labute approximate surface area is 105 Å². The Hall–Kier alpha value is -1.17. The van der Waals surface area contributed by atoms with Crippen molar-refractivity contribution in [2.45, 2.75) is 26.4 Å². The molecule has 0 fully saturated rings. The van der Waals surface area contributed by atoms with Crippen LogP contribution in [-0.4, -0.2) is 25.8 Å². The second kappa shape index (κ2) is 5.65. The van der Waals surface area contributed by atoms with Crippen LogP contribution >= 0.6 is 0 Å². The lowest BCUT2D eigenvalue weighted by molar-refractivity contribution is -0.0162. The maximum absolute atomic E-state index is 12.7. The van der Waals surface area contributed by atoms with E-state index >= 15 is 0 Å². The second-order valence-electron chi connectivity index (χ2n) is 4.92. The smallest absolute Gasteiger partial charge is 0.494 e. The molecule has 0 aromatic heterocycles. The van der Waals surface area contributed by atoms with Gasteiger partial charge in [0.2, 0.25) is 0 Å². The van der Waals surface area contributed by atoms with Gasteiger partial charge >= 0.3 is 6.98 Å². The summed E-state index contributed by atoms with van der Waals surface area (Å²) in [6.07, 6.45) is 0. The summed E-state index contributed by atoms with van der Waals surface area (Å²) in [6.45, 7) is 0.926. The maximum atomic E-state index is 12.7. The lowest BCUT2D eigenvalue weighted by Crippen LogP contribution is -2.35. The van der Waals surface area contributed by atoms with Gasteiger partial charge < -0.3 is 22.4 Å². The summed E-state index contributed by atoms with van der Waals surface area (Å²) in [7, 11) is 0. The molecule has 0 aliphatic heterocycles. The van der Waals surface area contributed by atoms with Crippen LogP contribution in [0.25, 0.3) is 0 Å². The highest BCUT2D eigenvalue weighted by atomic mass is 19.4. The van der Waals surface area contributed by atoms with Gasteiger partial charge in [0.25, 0.3) is 0 Å². The van der Waals surface area contributed by atoms with E-state index in [0.717, 1.165) is 6.07 Å². The largest absolute Gasteiger partial charge is 0.513 e. The minimum atomic E-state index is -5.05. The third-order valence-corrected chi connectivity index (χ3v) is 2.15. The summed E-state index contributed by atoms with van der Waals surface area (Å²) in [5.41, 5.74) is -1.02. The average Bonchev–Trinajstić information content (AvgIpc) is 2.22. The summed E-state index contributed by atoms with van der Waals surface area (Å²) in [5.74, 6) is -0.137. The fourth-order valence-electron chi connectivity index (χ4n) is 1.38. The quantitative estimate of drug-likeness (QED) is 0.599. The molecule has 6 heteroatoms. The van der Waals surface area contributed by atoms with E-state index in [1.807, 2.05) is 20.8 Å². The highest BCUT2D eigenvalue weighted by molar-refractivity contribution is 6.74. The first-order valence-corrected chi connectivity index (χ1v) is 5.76. The fourth-order valence-corrected chi connectivity index (χ4v) is 1.38. The first-order chi connectivity index (χ1) is 8.20. The SMILES string of the molecule is CC(C)(C)OCCOc1ccccc1[B-](F)(F)F. The number of benzene rings is 1. The molecule has 0 N–H and O–H groups in total.